The van der Waals surface area contributed by atoms with E-state index < -0.39 is 27.5 Å². The summed E-state index contributed by atoms with van der Waals surface area (Å²) in [5.74, 6) is -2.06. The molecule has 2 aliphatic heterocycles. The van der Waals surface area contributed by atoms with Crippen molar-refractivity contribution in [1.29, 1.82) is 0 Å². The average molecular weight is 565 g/mol. The van der Waals surface area contributed by atoms with Gasteiger partial charge in [-0.3, -0.25) is 9.59 Å². The molecule has 11 heteroatoms. The van der Waals surface area contributed by atoms with Gasteiger partial charge in [0.15, 0.2) is 9.84 Å². The lowest BCUT2D eigenvalue weighted by molar-refractivity contribution is 0.374. The number of aryl methyl sites for hydroxylation is 1. The first-order chi connectivity index (χ1) is 19.0. The summed E-state index contributed by atoms with van der Waals surface area (Å²) < 4.78 is 57.0. The zero-order valence-electron chi connectivity index (χ0n) is 21.8. The number of allylic oxidation sites excluding steroid dienone is 1. The maximum atomic E-state index is 15.2. The molecule has 1 unspecified atom stereocenters. The lowest BCUT2D eigenvalue weighted by Gasteiger charge is -2.39. The van der Waals surface area contributed by atoms with E-state index in [1.54, 1.807) is 59.4 Å². The number of fused-ring (bicyclic) bond motifs is 2. The molecule has 1 aromatic carbocycles. The zero-order valence-corrected chi connectivity index (χ0v) is 22.6. The first-order valence-corrected chi connectivity index (χ1v) is 14.8. The average Bonchev–Trinajstić information content (AvgIpc) is 3.19. The molecule has 40 heavy (non-hydrogen) atoms. The van der Waals surface area contributed by atoms with Crippen LogP contribution in [0.5, 0.6) is 0 Å². The number of benzene rings is 1. The van der Waals surface area contributed by atoms with Gasteiger partial charge in [0, 0.05) is 68.6 Å². The Labute approximate surface area is 229 Å². The zero-order chi connectivity index (χ0) is 28.3. The van der Waals surface area contributed by atoms with Crippen molar-refractivity contribution >= 4 is 26.8 Å². The topological polar surface area (TPSA) is 93.4 Å². The van der Waals surface area contributed by atoms with E-state index in [0.29, 0.717) is 40.1 Å². The molecule has 2 atom stereocenters. The minimum Gasteiger partial charge on any atom is -0.384 e. The van der Waals surface area contributed by atoms with Crippen molar-refractivity contribution in [3.8, 4) is 0 Å². The lowest BCUT2D eigenvalue weighted by atomic mass is 9.84. The van der Waals surface area contributed by atoms with Crippen molar-refractivity contribution in [1.82, 2.24) is 14.5 Å². The van der Waals surface area contributed by atoms with Crippen molar-refractivity contribution in [3.05, 3.63) is 122 Å². The van der Waals surface area contributed by atoms with Gasteiger partial charge in [-0.25, -0.2) is 17.2 Å². The highest BCUT2D eigenvalue weighted by molar-refractivity contribution is 7.91. The highest BCUT2D eigenvalue weighted by Crippen LogP contribution is 2.46. The fraction of sp³-hybridized carbons (Fsp3) is 0.241. The van der Waals surface area contributed by atoms with Gasteiger partial charge in [-0.2, -0.15) is 0 Å². The smallest absolute Gasteiger partial charge is 0.260 e. The van der Waals surface area contributed by atoms with E-state index in [-0.39, 0.29) is 35.0 Å². The standard InChI is InChI=1S/C29H26F2N4O4S/c1-33-10-8-21-18(16-40(2,38)39)11-17-15-35(23-7-6-20(30)12-22(23)31)28-19(14-34-9-4-3-5-24(34)36)13-32-27(25(17)28)26(21)29(33)37/h3-12,15,19,28,32H,13-14,16H2,1-2H3/t19-,28?/m1/s1. The van der Waals surface area contributed by atoms with Crippen molar-refractivity contribution in [2.45, 2.75) is 12.6 Å². The van der Waals surface area contributed by atoms with Crippen molar-refractivity contribution in [3.63, 3.8) is 0 Å². The summed E-state index contributed by atoms with van der Waals surface area (Å²) in [5.41, 5.74) is 2.75. The van der Waals surface area contributed by atoms with Gasteiger partial charge in [0.2, 0.25) is 0 Å². The Kier molecular flexibility index (Phi) is 6.14. The second-order valence-corrected chi connectivity index (χ2v) is 12.6. The van der Waals surface area contributed by atoms with Crippen LogP contribution in [0.15, 0.2) is 87.9 Å². The Bertz CT molecular complexity index is 1890. The van der Waals surface area contributed by atoms with Crippen molar-refractivity contribution in [2.75, 3.05) is 23.5 Å². The Morgan fingerprint density at radius 1 is 1.07 bits per heavy atom. The molecule has 0 radical (unpaired) electrons. The van der Waals surface area contributed by atoms with E-state index in [4.69, 9.17) is 0 Å². The van der Waals surface area contributed by atoms with Gasteiger partial charge in [-0.05, 0) is 47.1 Å². The predicted octanol–water partition coefficient (Wildman–Crippen LogP) is 2.67. The van der Waals surface area contributed by atoms with E-state index >= 15 is 4.39 Å². The summed E-state index contributed by atoms with van der Waals surface area (Å²) in [4.78, 5) is 27.9. The van der Waals surface area contributed by atoms with Crippen LogP contribution in [0.2, 0.25) is 0 Å². The molecule has 4 heterocycles. The fourth-order valence-corrected chi connectivity index (χ4v) is 6.69. The molecule has 1 N–H and O–H groups in total. The summed E-state index contributed by atoms with van der Waals surface area (Å²) >= 11 is 0. The maximum Gasteiger partial charge on any atom is 0.260 e. The lowest BCUT2D eigenvalue weighted by Crippen LogP contribution is -2.48. The predicted molar refractivity (Wildman–Crippen MR) is 149 cm³/mol. The summed E-state index contributed by atoms with van der Waals surface area (Å²) in [7, 11) is -1.87. The normalized spacial score (nSPS) is 19.9. The number of rotatable bonds is 5. The molecule has 0 amide bonds. The number of halogens is 2. The van der Waals surface area contributed by atoms with Crippen molar-refractivity contribution in [2.24, 2.45) is 13.0 Å². The van der Waals surface area contributed by atoms with Gasteiger partial charge in [0.25, 0.3) is 11.1 Å². The number of sulfone groups is 1. The maximum absolute atomic E-state index is 15.2. The molecule has 206 valence electrons. The summed E-state index contributed by atoms with van der Waals surface area (Å²) in [6.07, 6.45) is 7.85. The second-order valence-electron chi connectivity index (χ2n) is 10.4. The second kappa shape index (κ2) is 9.44. The number of pyridine rings is 2. The van der Waals surface area contributed by atoms with E-state index in [1.165, 1.54) is 22.8 Å². The Morgan fingerprint density at radius 2 is 1.88 bits per heavy atom. The largest absolute Gasteiger partial charge is 0.384 e. The van der Waals surface area contributed by atoms with Gasteiger partial charge in [0.05, 0.1) is 28.7 Å². The van der Waals surface area contributed by atoms with E-state index in [0.717, 1.165) is 12.3 Å². The summed E-state index contributed by atoms with van der Waals surface area (Å²) in [5, 5.41) is 3.40. The number of hydrogen-bond acceptors (Lipinski definition) is 6. The molecule has 0 fully saturated rings. The molecule has 3 aromatic rings. The molecular formula is C29H26F2N4O4S. The van der Waals surface area contributed by atoms with Crippen LogP contribution in [0.1, 0.15) is 11.1 Å². The molecule has 2 aromatic heterocycles. The van der Waals surface area contributed by atoms with Crippen LogP contribution in [-0.2, 0) is 23.4 Å². The Hall–Kier alpha value is -4.25. The molecule has 0 bridgehead atoms. The molecule has 6 rings (SSSR count). The summed E-state index contributed by atoms with van der Waals surface area (Å²) in [6, 6.07) is 9.40. The third-order valence-corrected chi connectivity index (χ3v) is 8.41. The number of nitrogens with zero attached hydrogens (tertiary/aromatic N) is 3. The molecule has 8 nitrogen and oxygen atoms in total. The first kappa shape index (κ1) is 26.0. The minimum absolute atomic E-state index is 0.130. The van der Waals surface area contributed by atoms with Crippen LogP contribution < -0.4 is 21.3 Å². The number of nitrogens with one attached hydrogen (secondary N) is 1. The quantitative estimate of drug-likeness (QED) is 0.513. The van der Waals surface area contributed by atoms with Crippen LogP contribution >= 0.6 is 0 Å². The van der Waals surface area contributed by atoms with E-state index in [9.17, 15) is 22.4 Å². The minimum atomic E-state index is -3.49. The van der Waals surface area contributed by atoms with Crippen LogP contribution in [0.4, 0.5) is 14.5 Å². The van der Waals surface area contributed by atoms with E-state index in [2.05, 4.69) is 5.32 Å². The van der Waals surface area contributed by atoms with Crippen molar-refractivity contribution < 1.29 is 17.2 Å². The molecule has 0 saturated heterocycles. The highest BCUT2D eigenvalue weighted by Gasteiger charge is 2.44. The molecule has 0 saturated carbocycles. The van der Waals surface area contributed by atoms with E-state index in [1.807, 2.05) is 0 Å². The SMILES string of the molecule is Cn1ccc2c(c1=O)C1=C3C(=CN(c4ccc(F)cc4F)C3[C@@H](Cn3ccccc3=O)CN1)C=C2CS(C)(=O)=O. The van der Waals surface area contributed by atoms with Gasteiger partial charge in [-0.15, -0.1) is 0 Å². The first-order valence-electron chi connectivity index (χ1n) is 12.7. The summed E-state index contributed by atoms with van der Waals surface area (Å²) in [6.45, 7) is 0.623. The number of anilines is 1. The Balaban J connectivity index is 1.61. The monoisotopic (exact) mass is 564 g/mol. The van der Waals surface area contributed by atoms with Gasteiger partial charge in [0.1, 0.15) is 11.6 Å². The highest BCUT2D eigenvalue weighted by atomic mass is 32.2. The molecule has 3 aliphatic rings. The van der Waals surface area contributed by atoms with Gasteiger partial charge >= 0.3 is 0 Å². The third-order valence-electron chi connectivity index (χ3n) is 7.57. The van der Waals surface area contributed by atoms with Crippen LogP contribution in [0.3, 0.4) is 0 Å². The third kappa shape index (κ3) is 4.40. The van der Waals surface area contributed by atoms with Crippen LogP contribution in [0.25, 0.3) is 11.3 Å². The number of hydrogen-bond donors (Lipinski definition) is 1. The molecule has 1 aliphatic carbocycles. The van der Waals surface area contributed by atoms with Gasteiger partial charge < -0.3 is 19.4 Å². The molecule has 0 spiro atoms. The van der Waals surface area contributed by atoms with Gasteiger partial charge in [-0.1, -0.05) is 6.07 Å². The van der Waals surface area contributed by atoms with Crippen LogP contribution in [-0.4, -0.2) is 42.1 Å². The Morgan fingerprint density at radius 3 is 2.60 bits per heavy atom. The van der Waals surface area contributed by atoms with Crippen LogP contribution in [0, 0.1) is 17.6 Å². The molecular weight excluding hydrogens is 538 g/mol. The fourth-order valence-electron chi connectivity index (χ4n) is 5.89. The number of aromatic nitrogens is 2.